The molecule has 2 aromatic heterocycles. The SMILES string of the molecule is COC[C@@H]1C[C@@H](N2Cc3ccc(-c4cccc(C#N)n4)nc3C2=O)CN1. The molecule has 2 aliphatic heterocycles. The number of fused-ring (bicyclic) bond motifs is 1. The summed E-state index contributed by atoms with van der Waals surface area (Å²) in [5.74, 6) is -0.0387. The summed E-state index contributed by atoms with van der Waals surface area (Å²) in [4.78, 5) is 23.6. The van der Waals surface area contributed by atoms with Crippen LogP contribution in [0.1, 0.15) is 28.2 Å². The first-order valence-corrected chi connectivity index (χ1v) is 8.60. The number of methoxy groups -OCH3 is 1. The van der Waals surface area contributed by atoms with E-state index < -0.39 is 0 Å². The highest BCUT2D eigenvalue weighted by atomic mass is 16.5. The van der Waals surface area contributed by atoms with E-state index in [2.05, 4.69) is 15.3 Å². The number of carbonyl (C=O) groups excluding carboxylic acids is 1. The van der Waals surface area contributed by atoms with Crippen LogP contribution in [0.3, 0.4) is 0 Å². The lowest BCUT2D eigenvalue weighted by Crippen LogP contribution is -2.37. The van der Waals surface area contributed by atoms with Crippen LogP contribution >= 0.6 is 0 Å². The van der Waals surface area contributed by atoms with Gasteiger partial charge in [-0.1, -0.05) is 12.1 Å². The molecule has 4 heterocycles. The highest BCUT2D eigenvalue weighted by Gasteiger charge is 2.37. The fourth-order valence-electron chi connectivity index (χ4n) is 3.63. The topological polar surface area (TPSA) is 91.1 Å². The summed E-state index contributed by atoms with van der Waals surface area (Å²) in [6.07, 6.45) is 0.881. The molecule has 7 nitrogen and oxygen atoms in total. The monoisotopic (exact) mass is 349 g/mol. The lowest BCUT2D eigenvalue weighted by Gasteiger charge is -2.22. The van der Waals surface area contributed by atoms with Crippen molar-refractivity contribution in [2.24, 2.45) is 0 Å². The number of nitriles is 1. The summed E-state index contributed by atoms with van der Waals surface area (Å²) in [6.45, 7) is 2.00. The molecule has 2 aliphatic rings. The molecule has 2 atom stereocenters. The summed E-state index contributed by atoms with van der Waals surface area (Å²) in [5, 5.41) is 12.4. The second-order valence-corrected chi connectivity index (χ2v) is 6.61. The molecule has 0 saturated carbocycles. The van der Waals surface area contributed by atoms with E-state index in [1.165, 1.54) is 0 Å². The fraction of sp³-hybridized carbons (Fsp3) is 0.368. The zero-order chi connectivity index (χ0) is 18.1. The number of hydrogen-bond acceptors (Lipinski definition) is 6. The van der Waals surface area contributed by atoms with Gasteiger partial charge < -0.3 is 15.0 Å². The van der Waals surface area contributed by atoms with Crippen molar-refractivity contribution in [2.75, 3.05) is 20.3 Å². The minimum absolute atomic E-state index is 0.0387. The lowest BCUT2D eigenvalue weighted by molar-refractivity contribution is 0.0707. The van der Waals surface area contributed by atoms with Gasteiger partial charge in [-0.15, -0.1) is 0 Å². The van der Waals surface area contributed by atoms with E-state index in [0.717, 1.165) is 18.5 Å². The normalized spacial score (nSPS) is 21.7. The maximum Gasteiger partial charge on any atom is 0.273 e. The summed E-state index contributed by atoms with van der Waals surface area (Å²) < 4.78 is 5.20. The van der Waals surface area contributed by atoms with Gasteiger partial charge in [0.2, 0.25) is 0 Å². The molecule has 132 valence electrons. The van der Waals surface area contributed by atoms with Gasteiger partial charge in [0.05, 0.1) is 18.0 Å². The maximum absolute atomic E-state index is 12.9. The van der Waals surface area contributed by atoms with Gasteiger partial charge in [-0.25, -0.2) is 9.97 Å². The Balaban J connectivity index is 1.57. The molecule has 1 amide bonds. The van der Waals surface area contributed by atoms with Crippen molar-refractivity contribution < 1.29 is 9.53 Å². The van der Waals surface area contributed by atoms with Gasteiger partial charge in [-0.3, -0.25) is 4.79 Å². The first-order valence-electron chi connectivity index (χ1n) is 8.60. The smallest absolute Gasteiger partial charge is 0.273 e. The summed E-state index contributed by atoms with van der Waals surface area (Å²) >= 11 is 0. The Hall–Kier alpha value is -2.82. The van der Waals surface area contributed by atoms with Crippen LogP contribution in [0, 0.1) is 11.3 Å². The summed E-state index contributed by atoms with van der Waals surface area (Å²) in [5.41, 5.74) is 2.96. The van der Waals surface area contributed by atoms with Gasteiger partial charge in [0.25, 0.3) is 5.91 Å². The van der Waals surface area contributed by atoms with Gasteiger partial charge in [0.15, 0.2) is 0 Å². The molecule has 2 aromatic rings. The van der Waals surface area contributed by atoms with Crippen LogP contribution in [0.4, 0.5) is 0 Å². The molecule has 4 rings (SSSR count). The molecule has 26 heavy (non-hydrogen) atoms. The number of amides is 1. The minimum atomic E-state index is -0.0387. The zero-order valence-corrected chi connectivity index (χ0v) is 14.5. The Labute approximate surface area is 151 Å². The van der Waals surface area contributed by atoms with Gasteiger partial charge in [-0.05, 0) is 24.6 Å². The number of ether oxygens (including phenoxy) is 1. The molecule has 1 fully saturated rings. The molecule has 0 aromatic carbocycles. The Morgan fingerprint density at radius 1 is 1.31 bits per heavy atom. The highest BCUT2D eigenvalue weighted by molar-refractivity contribution is 5.97. The molecular weight excluding hydrogens is 330 g/mol. The minimum Gasteiger partial charge on any atom is -0.383 e. The molecule has 7 heteroatoms. The average molecular weight is 349 g/mol. The van der Waals surface area contributed by atoms with Crippen LogP contribution in [-0.4, -0.2) is 53.1 Å². The van der Waals surface area contributed by atoms with Crippen molar-refractivity contribution in [3.8, 4) is 17.5 Å². The van der Waals surface area contributed by atoms with Crippen LogP contribution in [0.2, 0.25) is 0 Å². The Morgan fingerprint density at radius 3 is 2.96 bits per heavy atom. The van der Waals surface area contributed by atoms with Gasteiger partial charge >= 0.3 is 0 Å². The van der Waals surface area contributed by atoms with E-state index in [1.807, 2.05) is 23.1 Å². The average Bonchev–Trinajstić information content (AvgIpc) is 3.26. The van der Waals surface area contributed by atoms with Crippen molar-refractivity contribution in [3.05, 3.63) is 47.3 Å². The third-order valence-electron chi connectivity index (χ3n) is 4.92. The van der Waals surface area contributed by atoms with E-state index in [9.17, 15) is 4.79 Å². The predicted molar refractivity (Wildman–Crippen MR) is 94.1 cm³/mol. The van der Waals surface area contributed by atoms with Crippen molar-refractivity contribution in [1.29, 1.82) is 5.26 Å². The van der Waals surface area contributed by atoms with Crippen molar-refractivity contribution in [2.45, 2.75) is 25.0 Å². The van der Waals surface area contributed by atoms with E-state index in [-0.39, 0.29) is 18.0 Å². The molecule has 0 aliphatic carbocycles. The number of pyridine rings is 2. The molecule has 0 spiro atoms. The van der Waals surface area contributed by atoms with Crippen molar-refractivity contribution >= 4 is 5.91 Å². The maximum atomic E-state index is 12.9. The summed E-state index contributed by atoms with van der Waals surface area (Å²) in [7, 11) is 1.69. The molecule has 1 N–H and O–H groups in total. The Kier molecular flexibility index (Phi) is 4.37. The van der Waals surface area contributed by atoms with Gasteiger partial charge in [0.1, 0.15) is 17.5 Å². The number of aromatic nitrogens is 2. The van der Waals surface area contributed by atoms with E-state index >= 15 is 0 Å². The number of nitrogens with zero attached hydrogens (tertiary/aromatic N) is 4. The largest absolute Gasteiger partial charge is 0.383 e. The standard InChI is InChI=1S/C19H19N5O2/c1-26-11-14-7-15(9-21-14)24-10-12-5-6-17(23-18(12)19(24)25)16-4-2-3-13(8-20)22-16/h2-6,14-15,21H,7,9-11H2,1H3/t14-,15+/m0/s1. The van der Waals surface area contributed by atoms with Crippen LogP contribution < -0.4 is 5.32 Å². The van der Waals surface area contributed by atoms with E-state index in [0.29, 0.717) is 35.9 Å². The van der Waals surface area contributed by atoms with Crippen LogP contribution in [0.25, 0.3) is 11.4 Å². The second kappa shape index (κ2) is 6.83. The Bertz CT molecular complexity index is 892. The zero-order valence-electron chi connectivity index (χ0n) is 14.5. The van der Waals surface area contributed by atoms with Crippen LogP contribution in [0.15, 0.2) is 30.3 Å². The van der Waals surface area contributed by atoms with Crippen molar-refractivity contribution in [1.82, 2.24) is 20.2 Å². The number of rotatable bonds is 4. The van der Waals surface area contributed by atoms with E-state index in [1.54, 1.807) is 25.3 Å². The highest BCUT2D eigenvalue weighted by Crippen LogP contribution is 2.28. The Morgan fingerprint density at radius 2 is 2.15 bits per heavy atom. The van der Waals surface area contributed by atoms with Crippen LogP contribution in [-0.2, 0) is 11.3 Å². The summed E-state index contributed by atoms with van der Waals surface area (Å²) in [6, 6.07) is 11.5. The molecule has 1 saturated heterocycles. The quantitative estimate of drug-likeness (QED) is 0.896. The first kappa shape index (κ1) is 16.6. The number of carbonyl (C=O) groups is 1. The second-order valence-electron chi connectivity index (χ2n) is 6.61. The van der Waals surface area contributed by atoms with E-state index in [4.69, 9.17) is 10.00 Å². The third-order valence-corrected chi connectivity index (χ3v) is 4.92. The lowest BCUT2D eigenvalue weighted by atomic mass is 10.1. The fourth-order valence-corrected chi connectivity index (χ4v) is 3.63. The van der Waals surface area contributed by atoms with Gasteiger partial charge in [0, 0.05) is 37.8 Å². The van der Waals surface area contributed by atoms with Crippen LogP contribution in [0.5, 0.6) is 0 Å². The predicted octanol–water partition coefficient (Wildman–Crippen LogP) is 1.35. The van der Waals surface area contributed by atoms with Crippen molar-refractivity contribution in [3.63, 3.8) is 0 Å². The number of hydrogen-bond donors (Lipinski definition) is 1. The molecule has 0 unspecified atom stereocenters. The number of nitrogens with one attached hydrogen (secondary N) is 1. The van der Waals surface area contributed by atoms with Gasteiger partial charge in [-0.2, -0.15) is 5.26 Å². The first-order chi connectivity index (χ1) is 12.7. The third kappa shape index (κ3) is 2.94. The molecular formula is C19H19N5O2. The molecule has 0 radical (unpaired) electrons. The molecule has 0 bridgehead atoms.